The van der Waals surface area contributed by atoms with E-state index in [0.29, 0.717) is 13.1 Å². The number of aliphatic carboxylic acids is 1. The summed E-state index contributed by atoms with van der Waals surface area (Å²) in [5.74, 6) is -0.898. The van der Waals surface area contributed by atoms with Gasteiger partial charge in [0.2, 0.25) is 0 Å². The number of rotatable bonds is 5. The van der Waals surface area contributed by atoms with Crippen LogP contribution >= 0.6 is 11.3 Å². The fraction of sp³-hybridized carbons (Fsp3) is 0.333. The number of likely N-dealkylation sites (tertiary alicyclic amines) is 1. The summed E-state index contributed by atoms with van der Waals surface area (Å²) in [5, 5.41) is 10.00. The quantitative estimate of drug-likeness (QED) is 0.625. The molecule has 2 heterocycles. The highest BCUT2D eigenvalue weighted by molar-refractivity contribution is 7.18. The van der Waals surface area contributed by atoms with E-state index in [0.717, 1.165) is 17.1 Å². The molecule has 1 saturated heterocycles. The Morgan fingerprint density at radius 1 is 1.07 bits per heavy atom. The number of aromatic nitrogens is 1. The molecule has 0 saturated carbocycles. The monoisotopic (exact) mass is 406 g/mol. The lowest BCUT2D eigenvalue weighted by molar-refractivity contribution is -0.147. The molecule has 2 aromatic carbocycles. The fourth-order valence-corrected chi connectivity index (χ4v) is 4.47. The van der Waals surface area contributed by atoms with Crippen molar-refractivity contribution < 1.29 is 9.90 Å². The highest BCUT2D eigenvalue weighted by Crippen LogP contribution is 2.33. The van der Waals surface area contributed by atoms with Crippen LogP contribution in [-0.4, -0.2) is 34.0 Å². The molecule has 0 atom stereocenters. The molecule has 0 radical (unpaired) electrons. The van der Waals surface area contributed by atoms with E-state index in [1.807, 2.05) is 6.20 Å². The van der Waals surface area contributed by atoms with Gasteiger partial charge in [0.25, 0.3) is 0 Å². The van der Waals surface area contributed by atoms with E-state index in [2.05, 4.69) is 79.2 Å². The maximum Gasteiger partial charge on any atom is 0.309 e. The van der Waals surface area contributed by atoms with Crippen LogP contribution in [0.5, 0.6) is 0 Å². The Labute approximate surface area is 175 Å². The highest BCUT2D eigenvalue weighted by Gasteiger charge is 2.32. The third-order valence-electron chi connectivity index (χ3n) is 5.45. The Kier molecular flexibility index (Phi) is 5.28. The molecule has 0 aliphatic carbocycles. The lowest BCUT2D eigenvalue weighted by atomic mass is 9.87. The Bertz CT molecular complexity index is 995. The molecule has 3 aromatic rings. The van der Waals surface area contributed by atoms with Crippen LogP contribution in [0.25, 0.3) is 21.0 Å². The van der Waals surface area contributed by atoms with Crippen molar-refractivity contribution >= 4 is 17.3 Å². The van der Waals surface area contributed by atoms with E-state index in [-0.39, 0.29) is 11.3 Å². The summed E-state index contributed by atoms with van der Waals surface area (Å²) >= 11 is 1.70. The molecule has 150 valence electrons. The molecule has 4 nitrogen and oxygen atoms in total. The molecule has 5 heteroatoms. The molecular weight excluding hydrogens is 380 g/mol. The molecule has 1 aliphatic heterocycles. The third-order valence-corrected chi connectivity index (χ3v) is 6.55. The second-order valence-electron chi connectivity index (χ2n) is 8.78. The second-order valence-corrected chi connectivity index (χ2v) is 9.81. The molecule has 1 aliphatic rings. The minimum atomic E-state index is -0.691. The van der Waals surface area contributed by atoms with Crippen LogP contribution in [0.3, 0.4) is 0 Å². The smallest absolute Gasteiger partial charge is 0.309 e. The second kappa shape index (κ2) is 7.73. The van der Waals surface area contributed by atoms with E-state index < -0.39 is 5.97 Å². The van der Waals surface area contributed by atoms with Crippen LogP contribution in [0.2, 0.25) is 0 Å². The Hall–Kier alpha value is -2.50. The molecule has 29 heavy (non-hydrogen) atoms. The van der Waals surface area contributed by atoms with Gasteiger partial charge in [0.15, 0.2) is 0 Å². The predicted molar refractivity (Wildman–Crippen MR) is 118 cm³/mol. The molecule has 1 N–H and O–H groups in total. The predicted octanol–water partition coefficient (Wildman–Crippen LogP) is 5.29. The average molecular weight is 407 g/mol. The number of hydrogen-bond acceptors (Lipinski definition) is 4. The van der Waals surface area contributed by atoms with Crippen molar-refractivity contribution in [3.63, 3.8) is 0 Å². The van der Waals surface area contributed by atoms with Crippen LogP contribution in [-0.2, 0) is 16.8 Å². The number of hydrogen-bond donors (Lipinski definition) is 1. The largest absolute Gasteiger partial charge is 0.481 e. The Morgan fingerprint density at radius 3 is 2.28 bits per heavy atom. The number of nitrogens with zero attached hydrogens (tertiary/aromatic N) is 2. The molecule has 0 amide bonds. The fourth-order valence-electron chi connectivity index (χ4n) is 3.54. The minimum Gasteiger partial charge on any atom is -0.481 e. The van der Waals surface area contributed by atoms with Gasteiger partial charge in [-0.1, -0.05) is 69.3 Å². The first-order valence-corrected chi connectivity index (χ1v) is 10.7. The van der Waals surface area contributed by atoms with Gasteiger partial charge in [-0.05, 0) is 22.1 Å². The summed E-state index contributed by atoms with van der Waals surface area (Å²) in [5.41, 5.74) is 5.00. The lowest BCUT2D eigenvalue weighted by Crippen LogP contribution is -2.49. The van der Waals surface area contributed by atoms with Crippen LogP contribution in [0.4, 0.5) is 0 Å². The topological polar surface area (TPSA) is 53.4 Å². The van der Waals surface area contributed by atoms with Gasteiger partial charge in [-0.3, -0.25) is 9.69 Å². The number of thiazole rings is 1. The number of carboxylic acids is 1. The lowest BCUT2D eigenvalue weighted by Gasteiger charge is -2.36. The number of carboxylic acid groups (broad SMARTS) is 1. The van der Waals surface area contributed by atoms with Crippen molar-refractivity contribution in [2.24, 2.45) is 5.92 Å². The van der Waals surface area contributed by atoms with Crippen molar-refractivity contribution in [3.05, 3.63) is 65.9 Å². The van der Waals surface area contributed by atoms with Crippen LogP contribution in [0, 0.1) is 5.92 Å². The SMILES string of the molecule is CC(C)(C)c1ccc(-c2cnc(-c3ccc(CN4CC(C(=O)O)C4)cc3)s2)cc1. The Balaban J connectivity index is 1.42. The zero-order valence-electron chi connectivity index (χ0n) is 17.1. The van der Waals surface area contributed by atoms with Crippen molar-refractivity contribution in [1.29, 1.82) is 0 Å². The number of benzene rings is 2. The molecular formula is C24H26N2O2S. The summed E-state index contributed by atoms with van der Waals surface area (Å²) in [6.07, 6.45) is 1.95. The molecule has 0 spiro atoms. The van der Waals surface area contributed by atoms with Gasteiger partial charge in [0, 0.05) is 31.4 Å². The Morgan fingerprint density at radius 2 is 1.69 bits per heavy atom. The standard InChI is InChI=1S/C24H26N2O2S/c1-24(2,3)20-10-8-17(9-11-20)21-12-25-22(29-21)18-6-4-16(5-7-18)13-26-14-19(15-26)23(27)28/h4-12,19H,13-15H2,1-3H3,(H,27,28). The molecule has 0 unspecified atom stereocenters. The molecule has 1 aromatic heterocycles. The van der Waals surface area contributed by atoms with Gasteiger partial charge >= 0.3 is 5.97 Å². The molecule has 1 fully saturated rings. The third kappa shape index (κ3) is 4.41. The van der Waals surface area contributed by atoms with Crippen molar-refractivity contribution in [3.8, 4) is 21.0 Å². The van der Waals surface area contributed by atoms with Crippen molar-refractivity contribution in [2.45, 2.75) is 32.7 Å². The van der Waals surface area contributed by atoms with E-state index in [1.54, 1.807) is 11.3 Å². The average Bonchev–Trinajstić information content (AvgIpc) is 3.14. The zero-order valence-corrected chi connectivity index (χ0v) is 17.9. The van der Waals surface area contributed by atoms with E-state index in [9.17, 15) is 4.79 Å². The first kappa shape index (κ1) is 19.8. The highest BCUT2D eigenvalue weighted by atomic mass is 32.1. The van der Waals surface area contributed by atoms with Gasteiger partial charge < -0.3 is 5.11 Å². The maximum atomic E-state index is 10.9. The normalized spacial score (nSPS) is 15.3. The van der Waals surface area contributed by atoms with Gasteiger partial charge in [0.05, 0.1) is 10.8 Å². The van der Waals surface area contributed by atoms with Crippen molar-refractivity contribution in [2.75, 3.05) is 13.1 Å². The zero-order chi connectivity index (χ0) is 20.6. The van der Waals surface area contributed by atoms with Gasteiger partial charge in [-0.2, -0.15) is 0 Å². The summed E-state index contributed by atoms with van der Waals surface area (Å²) in [6.45, 7) is 8.75. The van der Waals surface area contributed by atoms with Gasteiger partial charge in [-0.25, -0.2) is 4.98 Å². The summed E-state index contributed by atoms with van der Waals surface area (Å²) in [4.78, 5) is 18.9. The first-order valence-electron chi connectivity index (χ1n) is 9.91. The summed E-state index contributed by atoms with van der Waals surface area (Å²) in [6, 6.07) is 17.2. The minimum absolute atomic E-state index is 0.156. The first-order chi connectivity index (χ1) is 13.8. The van der Waals surface area contributed by atoms with Crippen LogP contribution in [0.1, 0.15) is 31.9 Å². The van der Waals surface area contributed by atoms with Crippen molar-refractivity contribution in [1.82, 2.24) is 9.88 Å². The van der Waals surface area contributed by atoms with Crippen LogP contribution in [0.15, 0.2) is 54.7 Å². The van der Waals surface area contributed by atoms with Gasteiger partial charge in [-0.15, -0.1) is 11.3 Å². The van der Waals surface area contributed by atoms with E-state index >= 15 is 0 Å². The molecule has 0 bridgehead atoms. The maximum absolute atomic E-state index is 10.9. The molecule has 4 rings (SSSR count). The van der Waals surface area contributed by atoms with Gasteiger partial charge in [0.1, 0.15) is 5.01 Å². The summed E-state index contributed by atoms with van der Waals surface area (Å²) < 4.78 is 0. The van der Waals surface area contributed by atoms with E-state index in [4.69, 9.17) is 5.11 Å². The van der Waals surface area contributed by atoms with E-state index in [1.165, 1.54) is 21.6 Å². The van der Waals surface area contributed by atoms with Crippen LogP contribution < -0.4 is 0 Å². The number of carbonyl (C=O) groups is 1. The summed E-state index contributed by atoms with van der Waals surface area (Å²) in [7, 11) is 0.